The van der Waals surface area contributed by atoms with Gasteiger partial charge >= 0.3 is 0 Å². The van der Waals surface area contributed by atoms with Gasteiger partial charge in [-0.2, -0.15) is 9.13 Å². The fourth-order valence-corrected chi connectivity index (χ4v) is 10.1. The highest BCUT2D eigenvalue weighted by atomic mass is 15.2. The molecule has 0 spiro atoms. The van der Waals surface area contributed by atoms with E-state index in [1.54, 1.807) is 0 Å². The largest absolute Gasteiger partial charge is 0.250 e. The van der Waals surface area contributed by atoms with Crippen LogP contribution in [-0.2, 0) is 0 Å². The van der Waals surface area contributed by atoms with Crippen molar-refractivity contribution in [3.8, 4) is 55.9 Å². The van der Waals surface area contributed by atoms with Crippen molar-refractivity contribution in [3.05, 3.63) is 291 Å². The first-order valence-electron chi connectivity index (χ1n) is 23.4. The van der Waals surface area contributed by atoms with Crippen molar-refractivity contribution in [3.63, 3.8) is 0 Å². The highest BCUT2D eigenvalue weighted by molar-refractivity contribution is 5.81. The number of benzene rings is 10. The highest BCUT2D eigenvalue weighted by Gasteiger charge is 2.39. The molecule has 2 aromatic heterocycles. The summed E-state index contributed by atoms with van der Waals surface area (Å²) in [6, 6.07) is 96.3. The number of imidazole rings is 2. The van der Waals surface area contributed by atoms with E-state index in [2.05, 4.69) is 298 Å². The molecule has 4 nitrogen and oxygen atoms in total. The summed E-state index contributed by atoms with van der Waals surface area (Å²) < 4.78 is 9.81. The van der Waals surface area contributed by atoms with Gasteiger partial charge in [-0.25, -0.2) is 9.13 Å². The molecule has 0 aliphatic heterocycles. The second-order valence-corrected chi connectivity index (χ2v) is 17.5. The maximum atomic E-state index is 2.52. The van der Waals surface area contributed by atoms with Gasteiger partial charge in [0.05, 0.1) is 0 Å². The summed E-state index contributed by atoms with van der Waals surface area (Å²) in [6.07, 6.45) is 4.68. The van der Waals surface area contributed by atoms with Crippen molar-refractivity contribution in [1.29, 1.82) is 0 Å². The van der Waals surface area contributed by atoms with Crippen LogP contribution in [0, 0.1) is 0 Å². The Morgan fingerprint density at radius 3 is 0.824 bits per heavy atom. The first-order valence-corrected chi connectivity index (χ1v) is 23.4. The number of hydrogen-bond donors (Lipinski definition) is 0. The smallest absolute Gasteiger partial charge is 0.218 e. The molecular formula is C64H48N4+2. The predicted molar refractivity (Wildman–Crippen MR) is 278 cm³/mol. The second-order valence-electron chi connectivity index (χ2n) is 17.5. The molecule has 0 fully saturated rings. The number of fused-ring (bicyclic) bond motifs is 2. The Morgan fingerprint density at radius 1 is 0.250 bits per heavy atom. The number of nitrogens with zero attached hydrogens (tertiary/aromatic N) is 4. The number of para-hydroxylation sites is 4. The van der Waals surface area contributed by atoms with E-state index >= 15 is 0 Å². The lowest BCUT2D eigenvalue weighted by Crippen LogP contribution is -2.53. The first kappa shape index (κ1) is 40.6. The minimum absolute atomic E-state index is 0.185. The fourth-order valence-electron chi connectivity index (χ4n) is 10.1. The van der Waals surface area contributed by atoms with E-state index in [1.807, 2.05) is 0 Å². The quantitative estimate of drug-likeness (QED) is 0.115. The Kier molecular flexibility index (Phi) is 10.7. The first-order chi connectivity index (χ1) is 33.7. The van der Waals surface area contributed by atoms with E-state index in [0.717, 1.165) is 33.4 Å². The zero-order valence-electron chi connectivity index (χ0n) is 37.5. The summed E-state index contributed by atoms with van der Waals surface area (Å²) in [5, 5.41) is 0. The van der Waals surface area contributed by atoms with Gasteiger partial charge in [0.25, 0.3) is 12.7 Å². The lowest BCUT2D eigenvalue weighted by atomic mass is 9.92. The van der Waals surface area contributed by atoms with E-state index in [9.17, 15) is 0 Å². The van der Waals surface area contributed by atoms with E-state index in [4.69, 9.17) is 0 Å². The Labute approximate surface area is 397 Å². The molecule has 0 aliphatic carbocycles. The summed E-state index contributed by atoms with van der Waals surface area (Å²) >= 11 is 0. The Morgan fingerprint density at radius 2 is 0.515 bits per heavy atom. The lowest BCUT2D eigenvalue weighted by molar-refractivity contribution is -0.781. The molecule has 0 unspecified atom stereocenters. The van der Waals surface area contributed by atoms with Gasteiger partial charge in [-0.15, -0.1) is 0 Å². The highest BCUT2D eigenvalue weighted by Crippen LogP contribution is 2.37. The molecule has 12 aromatic rings. The van der Waals surface area contributed by atoms with Crippen LogP contribution in [0.1, 0.15) is 23.2 Å². The van der Waals surface area contributed by atoms with E-state index in [1.165, 1.54) is 55.6 Å². The van der Waals surface area contributed by atoms with Crippen LogP contribution in [-0.4, -0.2) is 9.13 Å². The molecule has 12 rings (SSSR count). The molecule has 4 heteroatoms. The van der Waals surface area contributed by atoms with Crippen molar-refractivity contribution in [2.45, 2.75) is 12.1 Å². The van der Waals surface area contributed by atoms with Gasteiger partial charge in [-0.3, -0.25) is 0 Å². The molecule has 0 aliphatic rings. The van der Waals surface area contributed by atoms with Crippen molar-refractivity contribution < 1.29 is 9.13 Å². The molecule has 0 bridgehead atoms. The van der Waals surface area contributed by atoms with Crippen LogP contribution in [0.3, 0.4) is 0 Å². The van der Waals surface area contributed by atoms with E-state index < -0.39 is 0 Å². The summed E-state index contributed by atoms with van der Waals surface area (Å²) in [7, 11) is 0. The van der Waals surface area contributed by atoms with E-state index in [0.29, 0.717) is 0 Å². The molecule has 2 heterocycles. The molecule has 68 heavy (non-hydrogen) atoms. The molecule has 322 valence electrons. The number of rotatable bonds is 11. The van der Waals surface area contributed by atoms with Crippen molar-refractivity contribution in [2.75, 3.05) is 0 Å². The molecule has 2 atom stereocenters. The zero-order chi connectivity index (χ0) is 45.2. The van der Waals surface area contributed by atoms with Crippen LogP contribution in [0.25, 0.3) is 77.9 Å². The van der Waals surface area contributed by atoms with Crippen LogP contribution in [0.15, 0.2) is 280 Å². The normalized spacial score (nSPS) is 12.3. The van der Waals surface area contributed by atoms with Crippen LogP contribution >= 0.6 is 0 Å². The van der Waals surface area contributed by atoms with E-state index in [-0.39, 0.29) is 12.1 Å². The summed E-state index contributed by atoms with van der Waals surface area (Å²) in [5.41, 5.74) is 18.5. The number of hydrogen-bond acceptors (Lipinski definition) is 0. The maximum absolute atomic E-state index is 2.52. The molecule has 0 saturated carbocycles. The molecule has 0 amide bonds. The second kappa shape index (κ2) is 17.8. The standard InChI is InChI=1S/C64H48N4/c1-7-23-47(24-8-1)53-39-54(48-25-9-2-10-26-48)42-57(41-53)65-45-67(61-37-21-19-35-59(61)65)63(51-31-15-5-16-32-51)64(52-33-17-6-18-34-52)68-46-66(60-36-20-22-38-62(60)68)58-43-55(49-27-11-3-12-28-49)40-56(44-58)50-29-13-4-14-30-50/h1-46,63-64H/q+2/t63-,64-/m1/s1. The topological polar surface area (TPSA) is 17.6 Å². The fraction of sp³-hybridized carbons (Fsp3) is 0.0312. The average Bonchev–Trinajstić information content (AvgIpc) is 4.01. The van der Waals surface area contributed by atoms with Gasteiger partial charge in [0.15, 0.2) is 34.2 Å². The molecular weight excluding hydrogens is 825 g/mol. The molecule has 0 N–H and O–H groups in total. The SMILES string of the molecule is c1ccc(-c2cc(-c3ccccc3)cc(-n3c[n+]([C@H](c4ccccc4)[C@@H](c4ccccc4)[n+]4cn(-c5cc(-c6ccccc6)cc(-c6ccccc6)c5)c5ccccc54)c4ccccc43)c2)cc1. The summed E-state index contributed by atoms with van der Waals surface area (Å²) in [6.45, 7) is 0. The van der Waals surface area contributed by atoms with Crippen LogP contribution in [0.2, 0.25) is 0 Å². The van der Waals surface area contributed by atoms with Gasteiger partial charge < -0.3 is 0 Å². The predicted octanol–water partition coefficient (Wildman–Crippen LogP) is 14.7. The van der Waals surface area contributed by atoms with Gasteiger partial charge in [-0.05, 0) is 105 Å². The van der Waals surface area contributed by atoms with Gasteiger partial charge in [0.1, 0.15) is 11.4 Å². The van der Waals surface area contributed by atoms with Crippen molar-refractivity contribution in [2.24, 2.45) is 0 Å². The maximum Gasteiger partial charge on any atom is 0.250 e. The van der Waals surface area contributed by atoms with Crippen LogP contribution in [0.4, 0.5) is 0 Å². The lowest BCUT2D eigenvalue weighted by Gasteiger charge is -2.24. The minimum Gasteiger partial charge on any atom is -0.218 e. The third kappa shape index (κ3) is 7.68. The van der Waals surface area contributed by atoms with Crippen LogP contribution in [0.5, 0.6) is 0 Å². The zero-order valence-corrected chi connectivity index (χ0v) is 37.5. The summed E-state index contributed by atoms with van der Waals surface area (Å²) in [4.78, 5) is 0. The van der Waals surface area contributed by atoms with Gasteiger partial charge in [0.2, 0.25) is 0 Å². The van der Waals surface area contributed by atoms with Crippen molar-refractivity contribution >= 4 is 22.1 Å². The average molecular weight is 873 g/mol. The third-order valence-electron chi connectivity index (χ3n) is 13.3. The van der Waals surface area contributed by atoms with Gasteiger partial charge in [-0.1, -0.05) is 206 Å². The summed E-state index contributed by atoms with van der Waals surface area (Å²) in [5.74, 6) is 0. The third-order valence-corrected chi connectivity index (χ3v) is 13.3. The number of aromatic nitrogens is 4. The molecule has 10 aromatic carbocycles. The molecule has 0 radical (unpaired) electrons. The monoisotopic (exact) mass is 872 g/mol. The van der Waals surface area contributed by atoms with Crippen molar-refractivity contribution in [1.82, 2.24) is 9.13 Å². The van der Waals surface area contributed by atoms with Gasteiger partial charge in [0, 0.05) is 11.1 Å². The minimum atomic E-state index is -0.185. The Bertz CT molecular complexity index is 3300. The Hall–Kier alpha value is -8.86. The molecule has 0 saturated heterocycles. The van der Waals surface area contributed by atoms with Crippen LogP contribution < -0.4 is 9.13 Å². The Balaban J connectivity index is 1.10.